The highest BCUT2D eigenvalue weighted by atomic mass is 16.1. The van der Waals surface area contributed by atoms with Gasteiger partial charge in [0.25, 0.3) is 0 Å². The van der Waals surface area contributed by atoms with Crippen LogP contribution >= 0.6 is 0 Å². The van der Waals surface area contributed by atoms with E-state index in [0.29, 0.717) is 12.5 Å². The number of carbonyl (C=O) groups is 1. The zero-order chi connectivity index (χ0) is 11.8. The fourth-order valence-electron chi connectivity index (χ4n) is 2.08. The highest BCUT2D eigenvalue weighted by Crippen LogP contribution is 2.10. The quantitative estimate of drug-likeness (QED) is 0.698. The summed E-state index contributed by atoms with van der Waals surface area (Å²) in [7, 11) is 3.78. The normalized spacial score (nSPS) is 21.1. The molecule has 16 heavy (non-hydrogen) atoms. The first-order valence-corrected chi connectivity index (χ1v) is 6.35. The van der Waals surface area contributed by atoms with Gasteiger partial charge in [0.2, 0.25) is 5.91 Å². The second-order valence-corrected chi connectivity index (χ2v) is 4.66. The summed E-state index contributed by atoms with van der Waals surface area (Å²) < 4.78 is 0. The van der Waals surface area contributed by atoms with Gasteiger partial charge < -0.3 is 15.5 Å². The Kier molecular flexibility index (Phi) is 6.42. The molecule has 1 fully saturated rings. The smallest absolute Gasteiger partial charge is 0.221 e. The monoisotopic (exact) mass is 227 g/mol. The van der Waals surface area contributed by atoms with E-state index in [0.717, 1.165) is 13.1 Å². The van der Waals surface area contributed by atoms with Gasteiger partial charge in [0.1, 0.15) is 0 Å². The summed E-state index contributed by atoms with van der Waals surface area (Å²) in [5.41, 5.74) is 0. The molecule has 1 atom stereocenters. The lowest BCUT2D eigenvalue weighted by molar-refractivity contribution is -0.120. The lowest BCUT2D eigenvalue weighted by Crippen LogP contribution is -2.37. The molecule has 4 heteroatoms. The molecule has 0 aromatic rings. The van der Waals surface area contributed by atoms with Gasteiger partial charge in [-0.2, -0.15) is 0 Å². The van der Waals surface area contributed by atoms with Crippen LogP contribution in [0.3, 0.4) is 0 Å². The summed E-state index contributed by atoms with van der Waals surface area (Å²) in [6.45, 7) is 3.10. The number of nitrogens with one attached hydrogen (secondary N) is 2. The molecular formula is C12H25N3O. The lowest BCUT2D eigenvalue weighted by Gasteiger charge is -2.25. The SMILES string of the molecule is CNC(=O)CCN(C)CCC1CCCCN1. The van der Waals surface area contributed by atoms with E-state index in [1.54, 1.807) is 7.05 Å². The number of hydrogen-bond donors (Lipinski definition) is 2. The van der Waals surface area contributed by atoms with Crippen molar-refractivity contribution < 1.29 is 4.79 Å². The molecule has 1 aliphatic rings. The summed E-state index contributed by atoms with van der Waals surface area (Å²) in [5.74, 6) is 0.127. The zero-order valence-corrected chi connectivity index (χ0v) is 10.6. The summed E-state index contributed by atoms with van der Waals surface area (Å²) in [5, 5.41) is 6.19. The fraction of sp³-hybridized carbons (Fsp3) is 0.917. The highest BCUT2D eigenvalue weighted by Gasteiger charge is 2.13. The minimum Gasteiger partial charge on any atom is -0.359 e. The molecule has 1 heterocycles. The Morgan fingerprint density at radius 1 is 1.44 bits per heavy atom. The summed E-state index contributed by atoms with van der Waals surface area (Å²) in [6.07, 6.45) is 5.79. The van der Waals surface area contributed by atoms with Crippen LogP contribution in [0.2, 0.25) is 0 Å². The van der Waals surface area contributed by atoms with Gasteiger partial charge >= 0.3 is 0 Å². The minimum atomic E-state index is 0.127. The molecule has 94 valence electrons. The van der Waals surface area contributed by atoms with Crippen LogP contribution in [0.1, 0.15) is 32.1 Å². The standard InChI is InChI=1S/C12H25N3O/c1-13-12(16)7-10-15(2)9-6-11-5-3-4-8-14-11/h11,14H,3-10H2,1-2H3,(H,13,16). The van der Waals surface area contributed by atoms with Crippen LogP contribution in [-0.2, 0) is 4.79 Å². The van der Waals surface area contributed by atoms with Crippen molar-refractivity contribution in [2.45, 2.75) is 38.1 Å². The minimum absolute atomic E-state index is 0.127. The Bertz CT molecular complexity index is 202. The molecular weight excluding hydrogens is 202 g/mol. The van der Waals surface area contributed by atoms with Gasteiger partial charge in [0.15, 0.2) is 0 Å². The maximum atomic E-state index is 11.1. The van der Waals surface area contributed by atoms with Crippen molar-refractivity contribution in [3.63, 3.8) is 0 Å². The molecule has 4 nitrogen and oxygen atoms in total. The van der Waals surface area contributed by atoms with Gasteiger partial charge in [-0.1, -0.05) is 6.42 Å². The molecule has 1 amide bonds. The predicted octanol–water partition coefficient (Wildman–Crippen LogP) is 0.587. The molecule has 0 saturated carbocycles. The molecule has 0 spiro atoms. The van der Waals surface area contributed by atoms with E-state index in [9.17, 15) is 4.79 Å². The molecule has 1 aliphatic heterocycles. The van der Waals surface area contributed by atoms with E-state index in [4.69, 9.17) is 0 Å². The Morgan fingerprint density at radius 3 is 2.88 bits per heavy atom. The van der Waals surface area contributed by atoms with E-state index in [2.05, 4.69) is 22.6 Å². The van der Waals surface area contributed by atoms with Crippen LogP contribution in [0, 0.1) is 0 Å². The molecule has 0 aromatic carbocycles. The largest absolute Gasteiger partial charge is 0.359 e. The van der Waals surface area contributed by atoms with Crippen molar-refractivity contribution >= 4 is 5.91 Å². The highest BCUT2D eigenvalue weighted by molar-refractivity contribution is 5.75. The Labute approximate surface area is 98.8 Å². The first-order valence-electron chi connectivity index (χ1n) is 6.35. The average molecular weight is 227 g/mol. The van der Waals surface area contributed by atoms with Crippen molar-refractivity contribution in [1.29, 1.82) is 0 Å². The summed E-state index contributed by atoms with van der Waals surface area (Å²) in [4.78, 5) is 13.3. The third kappa shape index (κ3) is 5.47. The first kappa shape index (κ1) is 13.5. The van der Waals surface area contributed by atoms with Gasteiger partial charge in [-0.3, -0.25) is 4.79 Å². The summed E-state index contributed by atoms with van der Waals surface area (Å²) in [6, 6.07) is 0.691. The van der Waals surface area contributed by atoms with Crippen molar-refractivity contribution in [2.24, 2.45) is 0 Å². The molecule has 1 unspecified atom stereocenters. The molecule has 0 bridgehead atoms. The van der Waals surface area contributed by atoms with Crippen LogP contribution in [0.15, 0.2) is 0 Å². The molecule has 1 rings (SSSR count). The van der Waals surface area contributed by atoms with Gasteiger partial charge in [-0.15, -0.1) is 0 Å². The van der Waals surface area contributed by atoms with Crippen LogP contribution in [-0.4, -0.2) is 50.6 Å². The van der Waals surface area contributed by atoms with Crippen LogP contribution in [0.25, 0.3) is 0 Å². The number of piperidine rings is 1. The van der Waals surface area contributed by atoms with E-state index < -0.39 is 0 Å². The van der Waals surface area contributed by atoms with Crippen LogP contribution in [0.4, 0.5) is 0 Å². The second kappa shape index (κ2) is 7.63. The van der Waals surface area contributed by atoms with Crippen molar-refractivity contribution in [3.05, 3.63) is 0 Å². The van der Waals surface area contributed by atoms with Crippen LogP contribution < -0.4 is 10.6 Å². The number of amides is 1. The van der Waals surface area contributed by atoms with E-state index in [1.165, 1.54) is 32.2 Å². The van der Waals surface area contributed by atoms with Crippen molar-refractivity contribution in [3.8, 4) is 0 Å². The van der Waals surface area contributed by atoms with Crippen molar-refractivity contribution in [1.82, 2.24) is 15.5 Å². The maximum Gasteiger partial charge on any atom is 0.221 e. The molecule has 1 saturated heterocycles. The number of nitrogens with zero attached hydrogens (tertiary/aromatic N) is 1. The van der Waals surface area contributed by atoms with Gasteiger partial charge in [0, 0.05) is 26.1 Å². The number of hydrogen-bond acceptors (Lipinski definition) is 3. The Hall–Kier alpha value is -0.610. The lowest BCUT2D eigenvalue weighted by atomic mass is 10.0. The molecule has 0 aliphatic carbocycles. The van der Waals surface area contributed by atoms with Gasteiger partial charge in [-0.25, -0.2) is 0 Å². The summed E-state index contributed by atoms with van der Waals surface area (Å²) >= 11 is 0. The topological polar surface area (TPSA) is 44.4 Å². The maximum absolute atomic E-state index is 11.1. The fourth-order valence-corrected chi connectivity index (χ4v) is 2.08. The van der Waals surface area contributed by atoms with Gasteiger partial charge in [0.05, 0.1) is 0 Å². The second-order valence-electron chi connectivity index (χ2n) is 4.66. The third-order valence-corrected chi connectivity index (χ3v) is 3.27. The zero-order valence-electron chi connectivity index (χ0n) is 10.6. The average Bonchev–Trinajstić information content (AvgIpc) is 2.34. The van der Waals surface area contributed by atoms with E-state index in [1.807, 2.05) is 0 Å². The van der Waals surface area contributed by atoms with E-state index >= 15 is 0 Å². The Morgan fingerprint density at radius 2 is 2.25 bits per heavy atom. The molecule has 0 radical (unpaired) electrons. The van der Waals surface area contributed by atoms with Crippen LogP contribution in [0.5, 0.6) is 0 Å². The Balaban J connectivity index is 2.04. The first-order chi connectivity index (χ1) is 7.72. The predicted molar refractivity (Wildman–Crippen MR) is 66.4 cm³/mol. The van der Waals surface area contributed by atoms with E-state index in [-0.39, 0.29) is 5.91 Å². The number of rotatable bonds is 6. The van der Waals surface area contributed by atoms with Crippen molar-refractivity contribution in [2.75, 3.05) is 33.7 Å². The third-order valence-electron chi connectivity index (χ3n) is 3.27. The molecule has 0 aromatic heterocycles. The molecule has 2 N–H and O–H groups in total. The number of carbonyl (C=O) groups excluding carboxylic acids is 1. The van der Waals surface area contributed by atoms with Gasteiger partial charge in [-0.05, 0) is 39.4 Å².